The highest BCUT2D eigenvalue weighted by Gasteiger charge is 2.36. The van der Waals surface area contributed by atoms with Crippen LogP contribution in [0.3, 0.4) is 0 Å². The van der Waals surface area contributed by atoms with E-state index in [4.69, 9.17) is 9.47 Å². The molecular weight excluding hydrogens is 304 g/mol. The summed E-state index contributed by atoms with van der Waals surface area (Å²) in [4.78, 5) is 35.2. The third kappa shape index (κ3) is 1.91. The Balaban J connectivity index is 1.82. The summed E-state index contributed by atoms with van der Waals surface area (Å²) < 4.78 is 14.9. The van der Waals surface area contributed by atoms with Crippen molar-refractivity contribution in [3.8, 4) is 11.5 Å². The molecule has 2 aromatic carbocycles. The molecule has 0 radical (unpaired) electrons. The molecule has 114 valence electrons. The fraction of sp³-hybridized carbons (Fsp3) is 0.0625. The van der Waals surface area contributed by atoms with Gasteiger partial charge in [-0.2, -0.15) is 0 Å². The first kappa shape index (κ1) is 13.5. The van der Waals surface area contributed by atoms with Crippen molar-refractivity contribution in [1.82, 2.24) is 0 Å². The van der Waals surface area contributed by atoms with E-state index >= 15 is 0 Å². The molecule has 1 unspecified atom stereocenters. The second kappa shape index (κ2) is 4.65. The fourth-order valence-electron chi connectivity index (χ4n) is 2.59. The van der Waals surface area contributed by atoms with Crippen LogP contribution in [-0.2, 0) is 9.47 Å². The summed E-state index contributed by atoms with van der Waals surface area (Å²) in [5, 5.41) is 9.66. The van der Waals surface area contributed by atoms with Crippen LogP contribution >= 0.6 is 0 Å². The van der Waals surface area contributed by atoms with Crippen LogP contribution in [0.15, 0.2) is 36.4 Å². The monoisotopic (exact) mass is 312 g/mol. The van der Waals surface area contributed by atoms with E-state index in [1.165, 1.54) is 30.3 Å². The Kier molecular flexibility index (Phi) is 2.73. The second-order valence-electron chi connectivity index (χ2n) is 4.94. The number of ether oxygens (including phenoxy) is 3. The summed E-state index contributed by atoms with van der Waals surface area (Å²) in [6, 6.07) is 9.07. The van der Waals surface area contributed by atoms with Crippen molar-refractivity contribution in [3.05, 3.63) is 58.7 Å². The third-order valence-electron chi connectivity index (χ3n) is 3.60. The maximum atomic E-state index is 11.8. The number of hydrogen-bond acceptors (Lipinski definition) is 7. The van der Waals surface area contributed by atoms with E-state index in [2.05, 4.69) is 4.74 Å². The average Bonchev–Trinajstić information content (AvgIpc) is 2.98. The molecule has 0 aromatic heterocycles. The normalized spacial score (nSPS) is 18.3. The molecule has 0 spiro atoms. The summed E-state index contributed by atoms with van der Waals surface area (Å²) in [6.45, 7) is 0. The Bertz CT molecular complexity index is 884. The molecule has 2 heterocycles. The molecular formula is C16H8O7. The third-order valence-corrected chi connectivity index (χ3v) is 3.60. The van der Waals surface area contributed by atoms with Crippen molar-refractivity contribution in [1.29, 1.82) is 0 Å². The number of hydrogen-bond donors (Lipinski definition) is 1. The zero-order valence-electron chi connectivity index (χ0n) is 11.4. The molecule has 7 nitrogen and oxygen atoms in total. The minimum Gasteiger partial charge on any atom is -0.456 e. The number of aliphatic hydroxyl groups excluding tert-OH is 1. The van der Waals surface area contributed by atoms with Gasteiger partial charge in [-0.1, -0.05) is 18.2 Å². The van der Waals surface area contributed by atoms with E-state index in [9.17, 15) is 19.5 Å². The van der Waals surface area contributed by atoms with Crippen LogP contribution in [0.25, 0.3) is 0 Å². The first-order chi connectivity index (χ1) is 11.1. The lowest BCUT2D eigenvalue weighted by Gasteiger charge is -2.10. The molecule has 0 aliphatic carbocycles. The highest BCUT2D eigenvalue weighted by molar-refractivity contribution is 6.16. The van der Waals surface area contributed by atoms with Gasteiger partial charge in [0.2, 0.25) is 6.29 Å². The lowest BCUT2D eigenvalue weighted by molar-refractivity contribution is -0.0548. The Morgan fingerprint density at radius 3 is 2.35 bits per heavy atom. The number of benzene rings is 2. The van der Waals surface area contributed by atoms with E-state index in [0.29, 0.717) is 0 Å². The molecule has 0 saturated carbocycles. The number of cyclic esters (lactones) is 3. The van der Waals surface area contributed by atoms with Crippen LogP contribution in [0, 0.1) is 0 Å². The standard InChI is InChI=1S/C16H8O7/c17-13-7-3-1-5-9(11(7)15(19)22-13)21-10-6-2-4-8-12(10)16(20)23-14(8)18/h1-6,13,17H. The Hall–Kier alpha value is -3.19. The van der Waals surface area contributed by atoms with Crippen LogP contribution in [0.4, 0.5) is 0 Å². The van der Waals surface area contributed by atoms with Crippen LogP contribution in [0.2, 0.25) is 0 Å². The molecule has 2 aliphatic heterocycles. The molecule has 0 fully saturated rings. The van der Waals surface area contributed by atoms with Crippen LogP contribution in [-0.4, -0.2) is 23.0 Å². The van der Waals surface area contributed by atoms with E-state index in [-0.39, 0.29) is 33.8 Å². The van der Waals surface area contributed by atoms with Gasteiger partial charge in [0.25, 0.3) is 0 Å². The fourth-order valence-corrected chi connectivity index (χ4v) is 2.59. The van der Waals surface area contributed by atoms with Gasteiger partial charge in [0.05, 0.1) is 5.56 Å². The van der Waals surface area contributed by atoms with Gasteiger partial charge < -0.3 is 19.3 Å². The predicted octanol–water partition coefficient (Wildman–Crippen LogP) is 1.95. The Labute approximate surface area is 129 Å². The number of esters is 3. The van der Waals surface area contributed by atoms with Crippen molar-refractivity contribution in [2.75, 3.05) is 0 Å². The average molecular weight is 312 g/mol. The SMILES string of the molecule is O=C1OC(=O)c2c(Oc3cccc4c3C(=O)OC4O)cccc21. The van der Waals surface area contributed by atoms with Crippen molar-refractivity contribution < 1.29 is 33.7 Å². The highest BCUT2D eigenvalue weighted by atomic mass is 16.6. The largest absolute Gasteiger partial charge is 0.456 e. The van der Waals surface area contributed by atoms with Gasteiger partial charge in [0.1, 0.15) is 22.6 Å². The van der Waals surface area contributed by atoms with Gasteiger partial charge >= 0.3 is 17.9 Å². The maximum absolute atomic E-state index is 11.8. The van der Waals surface area contributed by atoms with E-state index in [1.807, 2.05) is 0 Å². The molecule has 0 saturated heterocycles. The topological polar surface area (TPSA) is 99.1 Å². The van der Waals surface area contributed by atoms with Crippen molar-refractivity contribution in [2.24, 2.45) is 0 Å². The predicted molar refractivity (Wildman–Crippen MR) is 73.1 cm³/mol. The summed E-state index contributed by atoms with van der Waals surface area (Å²) in [5.41, 5.74) is 0.457. The summed E-state index contributed by atoms with van der Waals surface area (Å²) in [5.74, 6) is -2.08. The van der Waals surface area contributed by atoms with E-state index in [0.717, 1.165) is 0 Å². The lowest BCUT2D eigenvalue weighted by Crippen LogP contribution is -2.01. The number of carbonyl (C=O) groups excluding carboxylic acids is 3. The number of fused-ring (bicyclic) bond motifs is 2. The minimum atomic E-state index is -1.35. The number of rotatable bonds is 2. The van der Waals surface area contributed by atoms with E-state index in [1.54, 1.807) is 6.07 Å². The number of aliphatic hydroxyl groups is 1. The molecule has 0 bridgehead atoms. The molecule has 1 atom stereocenters. The number of carbonyl (C=O) groups is 3. The van der Waals surface area contributed by atoms with Gasteiger partial charge in [-0.3, -0.25) is 0 Å². The zero-order valence-corrected chi connectivity index (χ0v) is 11.4. The van der Waals surface area contributed by atoms with Crippen molar-refractivity contribution in [3.63, 3.8) is 0 Å². The zero-order chi connectivity index (χ0) is 16.1. The molecule has 7 heteroatoms. The Morgan fingerprint density at radius 2 is 1.57 bits per heavy atom. The molecule has 0 amide bonds. The highest BCUT2D eigenvalue weighted by Crippen LogP contribution is 2.39. The van der Waals surface area contributed by atoms with Gasteiger partial charge in [-0.25, -0.2) is 14.4 Å². The first-order valence-corrected chi connectivity index (χ1v) is 6.65. The van der Waals surface area contributed by atoms with Gasteiger partial charge in [0.15, 0.2) is 0 Å². The molecule has 1 N–H and O–H groups in total. The second-order valence-corrected chi connectivity index (χ2v) is 4.94. The first-order valence-electron chi connectivity index (χ1n) is 6.65. The maximum Gasteiger partial charge on any atom is 0.350 e. The van der Waals surface area contributed by atoms with Gasteiger partial charge in [0, 0.05) is 5.56 Å². The van der Waals surface area contributed by atoms with E-state index < -0.39 is 24.2 Å². The molecule has 2 aromatic rings. The smallest absolute Gasteiger partial charge is 0.350 e. The van der Waals surface area contributed by atoms with Crippen LogP contribution in [0.1, 0.15) is 42.9 Å². The molecule has 23 heavy (non-hydrogen) atoms. The lowest BCUT2D eigenvalue weighted by atomic mass is 10.1. The Morgan fingerprint density at radius 1 is 0.870 bits per heavy atom. The summed E-state index contributed by atoms with van der Waals surface area (Å²) >= 11 is 0. The molecule has 2 aliphatic rings. The van der Waals surface area contributed by atoms with Gasteiger partial charge in [-0.05, 0) is 18.2 Å². The molecule has 4 rings (SSSR count). The van der Waals surface area contributed by atoms with Crippen molar-refractivity contribution >= 4 is 17.9 Å². The van der Waals surface area contributed by atoms with Crippen molar-refractivity contribution in [2.45, 2.75) is 6.29 Å². The quantitative estimate of drug-likeness (QED) is 0.668. The minimum absolute atomic E-state index is 0.00187. The van der Waals surface area contributed by atoms with Crippen LogP contribution < -0.4 is 4.74 Å². The van der Waals surface area contributed by atoms with Crippen LogP contribution in [0.5, 0.6) is 11.5 Å². The van der Waals surface area contributed by atoms with Gasteiger partial charge in [-0.15, -0.1) is 0 Å². The summed E-state index contributed by atoms with van der Waals surface area (Å²) in [6.07, 6.45) is -1.35. The summed E-state index contributed by atoms with van der Waals surface area (Å²) in [7, 11) is 0.